The topological polar surface area (TPSA) is 61.8 Å². The number of rotatable bonds is 9. The van der Waals surface area contributed by atoms with E-state index in [0.717, 1.165) is 0 Å². The van der Waals surface area contributed by atoms with Crippen molar-refractivity contribution in [1.29, 1.82) is 0 Å². The van der Waals surface area contributed by atoms with Gasteiger partial charge < -0.3 is 13.9 Å². The largest absolute Gasteiger partial charge is 0.459 e. The molecule has 5 nitrogen and oxygen atoms in total. The Bertz CT molecular complexity index is 384. The van der Waals surface area contributed by atoms with E-state index in [-0.39, 0.29) is 13.2 Å². The molecule has 0 atom stereocenters. The molecule has 0 bridgehead atoms. The molecular weight excluding hydrogens is 288 g/mol. The predicted molar refractivity (Wildman–Crippen MR) is 84.1 cm³/mol. The lowest BCUT2D eigenvalue weighted by atomic mass is 10.3. The van der Waals surface area contributed by atoms with Gasteiger partial charge in [-0.25, -0.2) is 9.59 Å². The molecule has 0 saturated carbocycles. The fourth-order valence-electron chi connectivity index (χ4n) is 1.21. The fourth-order valence-corrected chi connectivity index (χ4v) is 2.37. The molecule has 0 aliphatic heterocycles. The smallest absolute Gasteiger partial charge is 0.333 e. The van der Waals surface area contributed by atoms with E-state index in [1.54, 1.807) is 13.8 Å². The highest BCUT2D eigenvalue weighted by molar-refractivity contribution is 6.71. The van der Waals surface area contributed by atoms with E-state index in [2.05, 4.69) is 20.1 Å². The number of esters is 2. The maximum absolute atomic E-state index is 11.4. The third-order valence-electron chi connectivity index (χ3n) is 2.59. The van der Waals surface area contributed by atoms with Gasteiger partial charge in [0.25, 0.3) is 0 Å². The first kappa shape index (κ1) is 19.6. The van der Waals surface area contributed by atoms with Gasteiger partial charge in [0.1, 0.15) is 19.3 Å². The van der Waals surface area contributed by atoms with E-state index >= 15 is 0 Å². The molecule has 119 valence electrons. The summed E-state index contributed by atoms with van der Waals surface area (Å²) in [5.74, 6) is -0.993. The number of hydrogen-bond donors (Lipinski definition) is 0. The molecule has 0 spiro atoms. The summed E-state index contributed by atoms with van der Waals surface area (Å²) in [6.07, 6.45) is -0.514. The maximum Gasteiger partial charge on any atom is 0.333 e. The molecule has 0 rings (SSSR count). The van der Waals surface area contributed by atoms with E-state index < -0.39 is 26.4 Å². The molecule has 0 amide bonds. The fraction of sp³-hybridized carbons (Fsp3) is 0.533. The molecular formula is C15H25O5Si. The summed E-state index contributed by atoms with van der Waals surface area (Å²) in [5, 5.41) is 0. The second kappa shape index (κ2) is 8.79. The van der Waals surface area contributed by atoms with Crippen LogP contribution < -0.4 is 0 Å². The van der Waals surface area contributed by atoms with Gasteiger partial charge in [-0.15, -0.1) is 0 Å². The van der Waals surface area contributed by atoms with Crippen molar-refractivity contribution in [3.8, 4) is 0 Å². The molecule has 0 aromatic heterocycles. The molecule has 0 aliphatic rings. The van der Waals surface area contributed by atoms with Gasteiger partial charge in [-0.05, 0) is 33.0 Å². The number of ether oxygens (including phenoxy) is 2. The standard InChI is InChI=1S/C15H25O5Si/c1-8-21(6,7)20-13(9-18-14(16)11(2)3)10-19-15(17)12(4)5/h13H,1-2,4,8-10H2,3,5-7H3. The van der Waals surface area contributed by atoms with Crippen LogP contribution in [0, 0.1) is 6.92 Å². The summed E-state index contributed by atoms with van der Waals surface area (Å²) >= 11 is 0. The number of carbonyl (C=O) groups excluding carboxylic acids is 2. The molecule has 0 saturated heterocycles. The Hall–Kier alpha value is -1.40. The third kappa shape index (κ3) is 8.47. The van der Waals surface area contributed by atoms with Gasteiger partial charge in [0.2, 0.25) is 0 Å². The van der Waals surface area contributed by atoms with E-state index in [4.69, 9.17) is 13.9 Å². The van der Waals surface area contributed by atoms with Gasteiger partial charge in [-0.1, -0.05) is 20.1 Å². The third-order valence-corrected chi connectivity index (χ3v) is 4.76. The molecule has 6 heteroatoms. The molecule has 0 aromatic carbocycles. The summed E-state index contributed by atoms with van der Waals surface area (Å²) in [7, 11) is -1.98. The van der Waals surface area contributed by atoms with Crippen LogP contribution in [0.2, 0.25) is 19.1 Å². The SMILES string of the molecule is [CH2]C[Si](C)(C)OC(COC(=O)C(=C)C)COC(=O)C(=C)C. The second-order valence-corrected chi connectivity index (χ2v) is 9.76. The summed E-state index contributed by atoms with van der Waals surface area (Å²) in [4.78, 5) is 22.9. The van der Waals surface area contributed by atoms with E-state index in [1.165, 1.54) is 0 Å². The number of hydrogen-bond acceptors (Lipinski definition) is 5. The van der Waals surface area contributed by atoms with Crippen LogP contribution in [0.1, 0.15) is 13.8 Å². The molecule has 0 heterocycles. The Morgan fingerprint density at radius 1 is 1.00 bits per heavy atom. The van der Waals surface area contributed by atoms with Gasteiger partial charge in [0, 0.05) is 11.1 Å². The van der Waals surface area contributed by atoms with E-state index in [1.807, 2.05) is 13.1 Å². The Morgan fingerprint density at radius 3 is 1.67 bits per heavy atom. The lowest BCUT2D eigenvalue weighted by Crippen LogP contribution is -2.40. The van der Waals surface area contributed by atoms with Crippen molar-refractivity contribution < 1.29 is 23.5 Å². The molecule has 0 unspecified atom stereocenters. The maximum atomic E-state index is 11.4. The summed E-state index contributed by atoms with van der Waals surface area (Å²) in [6, 6.07) is 0.659. The highest BCUT2D eigenvalue weighted by Gasteiger charge is 2.26. The van der Waals surface area contributed by atoms with Crippen molar-refractivity contribution in [3.63, 3.8) is 0 Å². The average Bonchev–Trinajstić information content (AvgIpc) is 2.40. The lowest BCUT2D eigenvalue weighted by molar-refractivity contribution is -0.146. The van der Waals surface area contributed by atoms with Crippen LogP contribution >= 0.6 is 0 Å². The highest BCUT2D eigenvalue weighted by Crippen LogP contribution is 2.14. The Kier molecular flexibility index (Phi) is 8.20. The van der Waals surface area contributed by atoms with Gasteiger partial charge in [-0.2, -0.15) is 0 Å². The first-order valence-corrected chi connectivity index (χ1v) is 9.83. The number of carbonyl (C=O) groups is 2. The average molecular weight is 313 g/mol. The lowest BCUT2D eigenvalue weighted by Gasteiger charge is -2.28. The minimum absolute atomic E-state index is 0.00555. The van der Waals surface area contributed by atoms with E-state index in [0.29, 0.717) is 17.2 Å². The zero-order chi connectivity index (χ0) is 16.6. The summed E-state index contributed by atoms with van der Waals surface area (Å²) < 4.78 is 16.1. The molecule has 1 radical (unpaired) electrons. The van der Waals surface area contributed by atoms with Crippen LogP contribution in [0.4, 0.5) is 0 Å². The van der Waals surface area contributed by atoms with Gasteiger partial charge in [0.15, 0.2) is 8.32 Å². The van der Waals surface area contributed by atoms with Crippen LogP contribution in [-0.2, 0) is 23.5 Å². The Labute approximate surface area is 128 Å². The highest BCUT2D eigenvalue weighted by atomic mass is 28.4. The van der Waals surface area contributed by atoms with Crippen LogP contribution in [-0.4, -0.2) is 39.6 Å². The predicted octanol–water partition coefficient (Wildman–Crippen LogP) is 2.65. The van der Waals surface area contributed by atoms with Crippen LogP contribution in [0.3, 0.4) is 0 Å². The molecule has 0 aromatic rings. The van der Waals surface area contributed by atoms with Crippen molar-refractivity contribution in [3.05, 3.63) is 31.2 Å². The Morgan fingerprint density at radius 2 is 1.38 bits per heavy atom. The minimum atomic E-state index is -1.98. The summed E-state index contributed by atoms with van der Waals surface area (Å²) in [6.45, 7) is 18.0. The van der Waals surface area contributed by atoms with Crippen LogP contribution in [0.25, 0.3) is 0 Å². The van der Waals surface area contributed by atoms with Crippen LogP contribution in [0.5, 0.6) is 0 Å². The van der Waals surface area contributed by atoms with Crippen molar-refractivity contribution in [2.24, 2.45) is 0 Å². The molecule has 0 aliphatic carbocycles. The minimum Gasteiger partial charge on any atom is -0.459 e. The monoisotopic (exact) mass is 313 g/mol. The van der Waals surface area contributed by atoms with Crippen molar-refractivity contribution in [2.45, 2.75) is 39.1 Å². The first-order valence-electron chi connectivity index (χ1n) is 6.71. The second-order valence-electron chi connectivity index (χ2n) is 5.51. The quantitative estimate of drug-likeness (QED) is 0.372. The normalized spacial score (nSPS) is 11.1. The van der Waals surface area contributed by atoms with E-state index in [9.17, 15) is 9.59 Å². The Balaban J connectivity index is 4.61. The molecule has 0 N–H and O–H groups in total. The van der Waals surface area contributed by atoms with Crippen LogP contribution in [0.15, 0.2) is 24.3 Å². The molecule has 0 fully saturated rings. The van der Waals surface area contributed by atoms with Crippen molar-refractivity contribution in [2.75, 3.05) is 13.2 Å². The first-order chi connectivity index (χ1) is 9.59. The molecule has 21 heavy (non-hydrogen) atoms. The van der Waals surface area contributed by atoms with Gasteiger partial charge in [0.05, 0.1) is 0 Å². The van der Waals surface area contributed by atoms with Gasteiger partial charge in [-0.3, -0.25) is 0 Å². The zero-order valence-corrected chi connectivity index (χ0v) is 14.4. The van der Waals surface area contributed by atoms with Gasteiger partial charge >= 0.3 is 11.9 Å². The van der Waals surface area contributed by atoms with Crippen molar-refractivity contribution >= 4 is 20.3 Å². The van der Waals surface area contributed by atoms with Crippen molar-refractivity contribution in [1.82, 2.24) is 0 Å². The zero-order valence-electron chi connectivity index (χ0n) is 13.4. The summed E-state index contributed by atoms with van der Waals surface area (Å²) in [5.41, 5.74) is 0.614.